The topological polar surface area (TPSA) is 9.23 Å². The van der Waals surface area contributed by atoms with Crippen LogP contribution in [0, 0.1) is 0 Å². The van der Waals surface area contributed by atoms with Crippen molar-refractivity contribution in [3.8, 4) is 0 Å². The van der Waals surface area contributed by atoms with Gasteiger partial charge < -0.3 is 4.74 Å². The zero-order chi connectivity index (χ0) is 6.95. The van der Waals surface area contributed by atoms with Gasteiger partial charge in [-0.05, 0) is 12.8 Å². The van der Waals surface area contributed by atoms with Crippen LogP contribution >= 0.6 is 11.6 Å². The van der Waals surface area contributed by atoms with Gasteiger partial charge in [0.2, 0.25) is 0 Å². The van der Waals surface area contributed by atoms with Gasteiger partial charge in [-0.25, -0.2) is 0 Å². The van der Waals surface area contributed by atoms with Gasteiger partial charge in [-0.2, -0.15) is 0 Å². The van der Waals surface area contributed by atoms with Gasteiger partial charge >= 0.3 is 0 Å². The Hall–Kier alpha value is -0.0100. The quantitative estimate of drug-likeness (QED) is 0.319. The molecule has 0 aliphatic heterocycles. The van der Waals surface area contributed by atoms with Gasteiger partial charge in [0.05, 0.1) is 6.61 Å². The maximum Gasteiger partial charge on any atom is 0.0644 e. The van der Waals surface area contributed by atoms with Crippen molar-refractivity contribution in [1.29, 1.82) is 0 Å². The van der Waals surface area contributed by atoms with Crippen LogP contribution < -0.4 is 0 Å². The molecule has 0 bridgehead atoms. The van der Waals surface area contributed by atoms with Gasteiger partial charge in [-0.1, -0.05) is 6.08 Å². The summed E-state index contributed by atoms with van der Waals surface area (Å²) >= 11 is 5.44. The molecule has 0 aromatic rings. The van der Waals surface area contributed by atoms with E-state index in [-0.39, 0.29) is 0 Å². The number of hydrogen-bond donors (Lipinski definition) is 0. The smallest absolute Gasteiger partial charge is 0.0644 e. The van der Waals surface area contributed by atoms with Crippen molar-refractivity contribution in [1.82, 2.24) is 0 Å². The van der Waals surface area contributed by atoms with Crippen LogP contribution in [0.2, 0.25) is 0 Å². The molecule has 0 fully saturated rings. The molecule has 0 saturated carbocycles. The van der Waals surface area contributed by atoms with E-state index in [2.05, 4.69) is 6.58 Å². The zero-order valence-corrected chi connectivity index (χ0v) is 6.36. The molecule has 0 aliphatic carbocycles. The number of halogens is 1. The van der Waals surface area contributed by atoms with Crippen LogP contribution in [0.1, 0.15) is 12.8 Å². The summed E-state index contributed by atoms with van der Waals surface area (Å²) < 4.78 is 5.11. The summed E-state index contributed by atoms with van der Waals surface area (Å²) in [6.07, 6.45) is 3.84. The lowest BCUT2D eigenvalue weighted by molar-refractivity contribution is 0.159. The summed E-state index contributed by atoms with van der Waals surface area (Å²) in [5, 5.41) is 0. The summed E-state index contributed by atoms with van der Waals surface area (Å²) in [6.45, 7) is 4.99. The largest absolute Gasteiger partial charge is 0.377 e. The number of alkyl halides is 1. The Morgan fingerprint density at radius 3 is 2.78 bits per heavy atom. The van der Waals surface area contributed by atoms with Crippen molar-refractivity contribution in [3.63, 3.8) is 0 Å². The molecule has 0 spiro atoms. The number of hydrogen-bond acceptors (Lipinski definition) is 1. The molecule has 0 saturated heterocycles. The Morgan fingerprint density at radius 2 is 2.22 bits per heavy atom. The van der Waals surface area contributed by atoms with E-state index in [4.69, 9.17) is 16.3 Å². The summed E-state index contributed by atoms with van der Waals surface area (Å²) in [6, 6.07) is 0. The summed E-state index contributed by atoms with van der Waals surface area (Å²) in [7, 11) is 0. The van der Waals surface area contributed by atoms with Crippen LogP contribution in [0.25, 0.3) is 0 Å². The first-order valence-electron chi connectivity index (χ1n) is 3.16. The fourth-order valence-corrected chi connectivity index (χ4v) is 0.654. The molecule has 0 aromatic heterocycles. The zero-order valence-electron chi connectivity index (χ0n) is 5.61. The van der Waals surface area contributed by atoms with Crippen LogP contribution in [-0.2, 0) is 4.74 Å². The van der Waals surface area contributed by atoms with E-state index in [1.807, 2.05) is 0 Å². The van der Waals surface area contributed by atoms with Crippen molar-refractivity contribution in [2.75, 3.05) is 19.1 Å². The molecule has 0 unspecified atom stereocenters. The standard InChI is InChI=1S/C7H13ClO/c1-2-6-9-7-4-3-5-8/h2H,1,3-7H2. The molecule has 54 valence electrons. The fraction of sp³-hybridized carbons (Fsp3) is 0.714. The van der Waals surface area contributed by atoms with Crippen LogP contribution in [0.3, 0.4) is 0 Å². The van der Waals surface area contributed by atoms with Gasteiger partial charge in [0.1, 0.15) is 0 Å². The molecule has 0 heterocycles. The van der Waals surface area contributed by atoms with E-state index in [0.717, 1.165) is 25.3 Å². The minimum Gasteiger partial charge on any atom is -0.377 e. The lowest BCUT2D eigenvalue weighted by Gasteiger charge is -1.97. The Kier molecular flexibility index (Phi) is 7.98. The van der Waals surface area contributed by atoms with Gasteiger partial charge in [0, 0.05) is 12.5 Å². The first-order chi connectivity index (χ1) is 4.41. The normalized spacial score (nSPS) is 9.44. The third-order valence-electron chi connectivity index (χ3n) is 0.908. The highest BCUT2D eigenvalue weighted by Crippen LogP contribution is 1.91. The predicted molar refractivity (Wildman–Crippen MR) is 41.0 cm³/mol. The molecule has 0 aliphatic rings. The fourth-order valence-electron chi connectivity index (χ4n) is 0.465. The lowest BCUT2D eigenvalue weighted by Crippen LogP contribution is -1.93. The second-order valence-corrected chi connectivity index (χ2v) is 2.14. The molecule has 0 radical (unpaired) electrons. The van der Waals surface area contributed by atoms with Crippen LogP contribution in [0.4, 0.5) is 0 Å². The number of ether oxygens (including phenoxy) is 1. The Morgan fingerprint density at radius 1 is 1.44 bits per heavy atom. The van der Waals surface area contributed by atoms with E-state index >= 15 is 0 Å². The van der Waals surface area contributed by atoms with E-state index in [0.29, 0.717) is 6.61 Å². The monoisotopic (exact) mass is 148 g/mol. The minimum absolute atomic E-state index is 0.655. The second kappa shape index (κ2) is 7.99. The molecule has 0 rings (SSSR count). The van der Waals surface area contributed by atoms with Gasteiger partial charge in [0.25, 0.3) is 0 Å². The Bertz CT molecular complexity index is 63.9. The van der Waals surface area contributed by atoms with Crippen molar-refractivity contribution >= 4 is 11.6 Å². The summed E-state index contributed by atoms with van der Waals surface area (Å²) in [5.74, 6) is 0.734. The Balaban J connectivity index is 2.66. The minimum atomic E-state index is 0.655. The average molecular weight is 149 g/mol. The maximum atomic E-state index is 5.44. The molecular weight excluding hydrogens is 136 g/mol. The van der Waals surface area contributed by atoms with Crippen molar-refractivity contribution in [2.24, 2.45) is 0 Å². The van der Waals surface area contributed by atoms with E-state index < -0.39 is 0 Å². The van der Waals surface area contributed by atoms with Crippen LogP contribution in [0.5, 0.6) is 0 Å². The first kappa shape index (κ1) is 8.99. The highest BCUT2D eigenvalue weighted by atomic mass is 35.5. The first-order valence-corrected chi connectivity index (χ1v) is 3.70. The number of rotatable bonds is 6. The highest BCUT2D eigenvalue weighted by molar-refractivity contribution is 6.17. The third-order valence-corrected chi connectivity index (χ3v) is 1.18. The molecular formula is C7H13ClO. The molecule has 9 heavy (non-hydrogen) atoms. The predicted octanol–water partition coefficient (Wildman–Crippen LogP) is 2.21. The van der Waals surface area contributed by atoms with Crippen LogP contribution in [0.15, 0.2) is 12.7 Å². The molecule has 0 N–H and O–H groups in total. The van der Waals surface area contributed by atoms with Crippen molar-refractivity contribution in [3.05, 3.63) is 12.7 Å². The van der Waals surface area contributed by atoms with Crippen molar-refractivity contribution in [2.45, 2.75) is 12.8 Å². The molecule has 2 heteroatoms. The third kappa shape index (κ3) is 7.99. The molecule has 0 aromatic carbocycles. The number of unbranched alkanes of at least 4 members (excludes halogenated alkanes) is 1. The van der Waals surface area contributed by atoms with E-state index in [9.17, 15) is 0 Å². The molecule has 1 nitrogen and oxygen atoms in total. The van der Waals surface area contributed by atoms with Gasteiger partial charge in [0.15, 0.2) is 0 Å². The highest BCUT2D eigenvalue weighted by Gasteiger charge is 1.84. The SMILES string of the molecule is C=CCOCCCCCl. The van der Waals surface area contributed by atoms with E-state index in [1.165, 1.54) is 0 Å². The summed E-state index contributed by atoms with van der Waals surface area (Å²) in [4.78, 5) is 0. The molecule has 0 atom stereocenters. The van der Waals surface area contributed by atoms with Gasteiger partial charge in [-0.15, -0.1) is 18.2 Å². The Labute approximate surface area is 61.7 Å². The van der Waals surface area contributed by atoms with Crippen LogP contribution in [-0.4, -0.2) is 19.1 Å². The van der Waals surface area contributed by atoms with E-state index in [1.54, 1.807) is 6.08 Å². The lowest BCUT2D eigenvalue weighted by atomic mass is 10.4. The van der Waals surface area contributed by atoms with Gasteiger partial charge in [-0.3, -0.25) is 0 Å². The summed E-state index contributed by atoms with van der Waals surface area (Å²) in [5.41, 5.74) is 0. The second-order valence-electron chi connectivity index (χ2n) is 1.76. The van der Waals surface area contributed by atoms with Crippen molar-refractivity contribution < 1.29 is 4.74 Å². The average Bonchev–Trinajstić information content (AvgIpc) is 1.89. The maximum absolute atomic E-state index is 5.44. The molecule has 0 amide bonds.